The van der Waals surface area contributed by atoms with Crippen LogP contribution < -0.4 is 5.73 Å². The number of nitrogens with two attached hydrogens (primary N) is 1. The van der Waals surface area contributed by atoms with Crippen molar-refractivity contribution in [3.05, 3.63) is 75.8 Å². The number of ether oxygens (including phenoxy) is 1. The summed E-state index contributed by atoms with van der Waals surface area (Å²) in [6.45, 7) is 0. The molecule has 2 heterocycles. The van der Waals surface area contributed by atoms with E-state index < -0.39 is 0 Å². The van der Waals surface area contributed by atoms with E-state index in [0.29, 0.717) is 11.3 Å². The third-order valence-electron chi connectivity index (χ3n) is 3.16. The molecule has 1 atom stereocenters. The maximum atomic E-state index is 9.32. The number of hydrogen-bond donors (Lipinski definition) is 1. The number of nitrogens with zero attached hydrogens (tertiary/aromatic N) is 1. The summed E-state index contributed by atoms with van der Waals surface area (Å²) in [6.07, 6.45) is 1.95. The van der Waals surface area contributed by atoms with Gasteiger partial charge in [-0.2, -0.15) is 5.26 Å². The van der Waals surface area contributed by atoms with Crippen LogP contribution >= 0.6 is 11.3 Å². The molecule has 0 saturated heterocycles. The van der Waals surface area contributed by atoms with Gasteiger partial charge in [-0.05, 0) is 23.1 Å². The molecule has 3 nitrogen and oxygen atoms in total. The van der Waals surface area contributed by atoms with Crippen molar-refractivity contribution in [1.29, 1.82) is 5.26 Å². The molecular weight excluding hydrogens is 268 g/mol. The van der Waals surface area contributed by atoms with Crippen LogP contribution in [0.2, 0.25) is 0 Å². The molecule has 0 aliphatic carbocycles. The van der Waals surface area contributed by atoms with Gasteiger partial charge in [0, 0.05) is 5.92 Å². The standard InChI is InChI=1S/C16H12N2OS/c17-10-13-12(11-5-2-1-3-6-11)9-14(19-16(13)18)15-7-4-8-20-15/h1-9,12H,18H2. The molecule has 3 rings (SSSR count). The van der Waals surface area contributed by atoms with Crippen molar-refractivity contribution in [2.24, 2.45) is 5.73 Å². The lowest BCUT2D eigenvalue weighted by Gasteiger charge is -2.22. The van der Waals surface area contributed by atoms with Gasteiger partial charge in [-0.25, -0.2) is 0 Å². The molecule has 98 valence electrons. The van der Waals surface area contributed by atoms with Crippen molar-refractivity contribution in [2.45, 2.75) is 5.92 Å². The summed E-state index contributed by atoms with van der Waals surface area (Å²) >= 11 is 1.58. The number of hydrogen-bond acceptors (Lipinski definition) is 4. The van der Waals surface area contributed by atoms with Crippen LogP contribution in [0.4, 0.5) is 0 Å². The molecule has 0 radical (unpaired) electrons. The summed E-state index contributed by atoms with van der Waals surface area (Å²) in [5, 5.41) is 11.3. The van der Waals surface area contributed by atoms with Crippen LogP contribution in [0.1, 0.15) is 16.4 Å². The lowest BCUT2D eigenvalue weighted by atomic mass is 9.90. The van der Waals surface area contributed by atoms with E-state index in [1.807, 2.05) is 53.9 Å². The highest BCUT2D eigenvalue weighted by molar-refractivity contribution is 7.11. The van der Waals surface area contributed by atoms with E-state index in [1.165, 1.54) is 0 Å². The van der Waals surface area contributed by atoms with Crippen LogP contribution in [0.5, 0.6) is 0 Å². The van der Waals surface area contributed by atoms with Gasteiger partial charge in [0.15, 0.2) is 0 Å². The number of thiophene rings is 1. The fourth-order valence-corrected chi connectivity index (χ4v) is 2.88. The zero-order valence-electron chi connectivity index (χ0n) is 10.6. The first kappa shape index (κ1) is 12.5. The van der Waals surface area contributed by atoms with Gasteiger partial charge in [-0.3, -0.25) is 0 Å². The average Bonchev–Trinajstić information content (AvgIpc) is 3.01. The number of nitriles is 1. The summed E-state index contributed by atoms with van der Waals surface area (Å²) in [5.74, 6) is 0.740. The highest BCUT2D eigenvalue weighted by Crippen LogP contribution is 2.37. The summed E-state index contributed by atoms with van der Waals surface area (Å²) < 4.78 is 5.59. The van der Waals surface area contributed by atoms with Crippen LogP contribution in [-0.2, 0) is 4.74 Å². The van der Waals surface area contributed by atoms with Crippen LogP contribution in [0.3, 0.4) is 0 Å². The maximum Gasteiger partial charge on any atom is 0.205 e. The van der Waals surface area contributed by atoms with Crippen LogP contribution in [-0.4, -0.2) is 0 Å². The largest absolute Gasteiger partial charge is 0.439 e. The topological polar surface area (TPSA) is 59.0 Å². The lowest BCUT2D eigenvalue weighted by Crippen LogP contribution is -2.15. The van der Waals surface area contributed by atoms with E-state index in [4.69, 9.17) is 10.5 Å². The molecule has 2 aromatic rings. The first-order valence-corrected chi connectivity index (χ1v) is 7.06. The molecule has 0 bridgehead atoms. The molecule has 4 heteroatoms. The number of rotatable bonds is 2. The minimum absolute atomic E-state index is 0.160. The summed E-state index contributed by atoms with van der Waals surface area (Å²) in [6, 6.07) is 15.9. The van der Waals surface area contributed by atoms with E-state index in [0.717, 1.165) is 10.4 Å². The minimum Gasteiger partial charge on any atom is -0.439 e. The maximum absolute atomic E-state index is 9.32. The van der Waals surface area contributed by atoms with Crippen molar-refractivity contribution in [1.82, 2.24) is 0 Å². The Kier molecular flexibility index (Phi) is 3.28. The number of allylic oxidation sites excluding steroid dienone is 2. The molecule has 0 amide bonds. The van der Waals surface area contributed by atoms with Gasteiger partial charge in [-0.15, -0.1) is 11.3 Å². The Morgan fingerprint density at radius 3 is 2.60 bits per heavy atom. The summed E-state index contributed by atoms with van der Waals surface area (Å²) in [4.78, 5) is 1.01. The van der Waals surface area contributed by atoms with Gasteiger partial charge >= 0.3 is 0 Å². The highest BCUT2D eigenvalue weighted by Gasteiger charge is 2.25. The Bertz CT molecular complexity index is 709. The normalized spacial score (nSPS) is 18.1. The molecule has 1 aliphatic heterocycles. The Morgan fingerprint density at radius 1 is 1.15 bits per heavy atom. The molecule has 0 spiro atoms. The fraction of sp³-hybridized carbons (Fsp3) is 0.0625. The molecule has 1 aromatic carbocycles. The van der Waals surface area contributed by atoms with Gasteiger partial charge in [-0.1, -0.05) is 36.4 Å². The van der Waals surface area contributed by atoms with Gasteiger partial charge in [0.05, 0.1) is 4.88 Å². The van der Waals surface area contributed by atoms with Gasteiger partial charge in [0.2, 0.25) is 5.88 Å². The monoisotopic (exact) mass is 280 g/mol. The molecular formula is C16H12N2OS. The third-order valence-corrected chi connectivity index (χ3v) is 4.04. The van der Waals surface area contributed by atoms with E-state index in [2.05, 4.69) is 6.07 Å². The predicted octanol–water partition coefficient (Wildman–Crippen LogP) is 3.60. The van der Waals surface area contributed by atoms with E-state index in [-0.39, 0.29) is 11.8 Å². The van der Waals surface area contributed by atoms with Gasteiger partial charge in [0.1, 0.15) is 17.4 Å². The Morgan fingerprint density at radius 2 is 1.95 bits per heavy atom. The van der Waals surface area contributed by atoms with Crippen molar-refractivity contribution >= 4 is 17.1 Å². The van der Waals surface area contributed by atoms with Crippen molar-refractivity contribution in [2.75, 3.05) is 0 Å². The molecule has 0 fully saturated rings. The molecule has 20 heavy (non-hydrogen) atoms. The minimum atomic E-state index is -0.160. The van der Waals surface area contributed by atoms with Crippen molar-refractivity contribution in [3.8, 4) is 6.07 Å². The van der Waals surface area contributed by atoms with Crippen LogP contribution in [0, 0.1) is 11.3 Å². The predicted molar refractivity (Wildman–Crippen MR) is 79.4 cm³/mol. The van der Waals surface area contributed by atoms with Crippen LogP contribution in [0.15, 0.2) is 65.4 Å². The van der Waals surface area contributed by atoms with Crippen molar-refractivity contribution < 1.29 is 4.74 Å². The zero-order valence-corrected chi connectivity index (χ0v) is 11.4. The zero-order chi connectivity index (χ0) is 13.9. The SMILES string of the molecule is N#CC1=C(N)OC(c2cccs2)=CC1c1ccccc1. The molecule has 1 aliphatic rings. The second kappa shape index (κ2) is 5.24. The van der Waals surface area contributed by atoms with Gasteiger partial charge in [0.25, 0.3) is 0 Å². The lowest BCUT2D eigenvalue weighted by molar-refractivity contribution is 0.362. The Hall–Kier alpha value is -2.51. The van der Waals surface area contributed by atoms with Crippen molar-refractivity contribution in [3.63, 3.8) is 0 Å². The third kappa shape index (κ3) is 2.20. The first-order valence-electron chi connectivity index (χ1n) is 6.18. The summed E-state index contributed by atoms with van der Waals surface area (Å²) in [5.41, 5.74) is 7.40. The quantitative estimate of drug-likeness (QED) is 0.914. The van der Waals surface area contributed by atoms with Crippen LogP contribution in [0.25, 0.3) is 5.76 Å². The molecule has 1 unspecified atom stereocenters. The Balaban J connectivity index is 2.08. The first-order chi connectivity index (χ1) is 9.79. The molecule has 1 aromatic heterocycles. The van der Waals surface area contributed by atoms with E-state index in [9.17, 15) is 5.26 Å². The van der Waals surface area contributed by atoms with E-state index >= 15 is 0 Å². The van der Waals surface area contributed by atoms with E-state index in [1.54, 1.807) is 11.3 Å². The van der Waals surface area contributed by atoms with Gasteiger partial charge < -0.3 is 10.5 Å². The number of benzene rings is 1. The second-order valence-electron chi connectivity index (χ2n) is 4.39. The smallest absolute Gasteiger partial charge is 0.205 e. The fourth-order valence-electron chi connectivity index (χ4n) is 2.19. The Labute approximate surface area is 121 Å². The molecule has 2 N–H and O–H groups in total. The average molecular weight is 280 g/mol. The second-order valence-corrected chi connectivity index (χ2v) is 5.34. The highest BCUT2D eigenvalue weighted by atomic mass is 32.1. The molecule has 0 saturated carbocycles. The summed E-state index contributed by atoms with van der Waals surface area (Å²) in [7, 11) is 0.